The van der Waals surface area contributed by atoms with Crippen molar-refractivity contribution < 1.29 is 4.39 Å². The molecule has 0 amide bonds. The number of hydrogen-bond acceptors (Lipinski definition) is 4. The molecule has 0 spiro atoms. The third-order valence-electron chi connectivity index (χ3n) is 5.66. The van der Waals surface area contributed by atoms with Crippen molar-refractivity contribution in [1.29, 1.82) is 0 Å². The van der Waals surface area contributed by atoms with Crippen molar-refractivity contribution in [3.05, 3.63) is 139 Å². The summed E-state index contributed by atoms with van der Waals surface area (Å²) in [6.07, 6.45) is 6.88. The molecular weight excluding hydrogens is 487 g/mol. The van der Waals surface area contributed by atoms with Crippen LogP contribution in [0.2, 0.25) is 0 Å². The first kappa shape index (κ1) is 26.9. The predicted octanol–water partition coefficient (Wildman–Crippen LogP) is 7.92. The molecule has 2 aromatic heterocycles. The Morgan fingerprint density at radius 2 is 1.21 bits per heavy atom. The number of benzene rings is 4. The lowest BCUT2D eigenvalue weighted by Crippen LogP contribution is -1.94. The van der Waals surface area contributed by atoms with Gasteiger partial charge in [0.2, 0.25) is 0 Å². The van der Waals surface area contributed by atoms with Crippen LogP contribution in [0.25, 0.3) is 22.8 Å². The average Bonchev–Trinajstić information content (AvgIpc) is 3.66. The van der Waals surface area contributed by atoms with Gasteiger partial charge in [0, 0.05) is 47.4 Å². The number of nitrogens with one attached hydrogen (secondary N) is 3. The van der Waals surface area contributed by atoms with E-state index in [2.05, 4.69) is 50.4 Å². The number of imidazole rings is 2. The highest BCUT2D eigenvalue weighted by Crippen LogP contribution is 2.29. The number of rotatable bonds is 4. The number of nitrogens with zero attached hydrogens (tertiary/aromatic N) is 2. The Labute approximate surface area is 227 Å². The Morgan fingerprint density at radius 1 is 0.667 bits per heavy atom. The molecule has 0 aliphatic carbocycles. The molecule has 39 heavy (non-hydrogen) atoms. The second-order valence-corrected chi connectivity index (χ2v) is 8.81. The van der Waals surface area contributed by atoms with E-state index in [1.807, 2.05) is 79.9 Å². The van der Waals surface area contributed by atoms with Crippen LogP contribution in [-0.4, -0.2) is 19.9 Å². The molecule has 0 fully saturated rings. The fourth-order valence-corrected chi connectivity index (χ4v) is 3.74. The molecule has 2 heterocycles. The lowest BCUT2D eigenvalue weighted by atomic mass is 10.1. The average molecular weight is 519 g/mol. The first-order chi connectivity index (χ1) is 19.0. The zero-order valence-electron chi connectivity index (χ0n) is 21.9. The molecule has 0 aliphatic rings. The Morgan fingerprint density at radius 3 is 1.72 bits per heavy atom. The van der Waals surface area contributed by atoms with Crippen molar-refractivity contribution >= 4 is 17.1 Å². The zero-order chi connectivity index (χ0) is 27.5. The summed E-state index contributed by atoms with van der Waals surface area (Å²) in [5, 5.41) is 3.44. The molecule has 4 aromatic carbocycles. The summed E-state index contributed by atoms with van der Waals surface area (Å²) in [6, 6.07) is 31.0. The summed E-state index contributed by atoms with van der Waals surface area (Å²) in [5.74, 6) is 1.20. The summed E-state index contributed by atoms with van der Waals surface area (Å²) >= 11 is 0. The number of aryl methyl sites for hydroxylation is 2. The topological polar surface area (TPSA) is 95.4 Å². The summed E-state index contributed by atoms with van der Waals surface area (Å²) in [4.78, 5) is 14.3. The third-order valence-corrected chi connectivity index (χ3v) is 5.66. The van der Waals surface area contributed by atoms with Gasteiger partial charge in [0.05, 0.1) is 5.56 Å². The van der Waals surface area contributed by atoms with Crippen molar-refractivity contribution in [3.63, 3.8) is 0 Å². The minimum Gasteiger partial charge on any atom is -0.399 e. The largest absolute Gasteiger partial charge is 0.399 e. The summed E-state index contributed by atoms with van der Waals surface area (Å²) < 4.78 is 13.4. The zero-order valence-corrected chi connectivity index (χ0v) is 21.9. The predicted molar refractivity (Wildman–Crippen MR) is 158 cm³/mol. The fraction of sp³-hybridized carbons (Fsp3) is 0.0625. The normalized spacial score (nSPS) is 10.0. The molecule has 7 heteroatoms. The number of H-pyrrole nitrogens is 2. The van der Waals surface area contributed by atoms with E-state index in [-0.39, 0.29) is 5.82 Å². The quantitative estimate of drug-likeness (QED) is 0.178. The van der Waals surface area contributed by atoms with Crippen LogP contribution >= 0.6 is 0 Å². The van der Waals surface area contributed by atoms with Crippen LogP contribution < -0.4 is 11.1 Å². The van der Waals surface area contributed by atoms with Gasteiger partial charge in [0.25, 0.3) is 0 Å². The third kappa shape index (κ3) is 7.90. The maximum atomic E-state index is 13.4. The number of nitrogens with two attached hydrogens (primary N) is 1. The minimum atomic E-state index is -0.241. The van der Waals surface area contributed by atoms with E-state index in [0.29, 0.717) is 11.4 Å². The van der Waals surface area contributed by atoms with Crippen LogP contribution in [-0.2, 0) is 0 Å². The maximum absolute atomic E-state index is 13.4. The van der Waals surface area contributed by atoms with Crippen LogP contribution in [0.15, 0.2) is 122 Å². The highest BCUT2D eigenvalue weighted by molar-refractivity contribution is 5.78. The number of aromatic amines is 2. The van der Waals surface area contributed by atoms with Crippen LogP contribution in [0.5, 0.6) is 0 Å². The van der Waals surface area contributed by atoms with Crippen molar-refractivity contribution in [1.82, 2.24) is 19.9 Å². The number of aromatic nitrogens is 4. The Bertz CT molecular complexity index is 1550. The molecule has 0 saturated heterocycles. The van der Waals surface area contributed by atoms with Crippen LogP contribution in [0.4, 0.5) is 21.5 Å². The van der Waals surface area contributed by atoms with E-state index in [9.17, 15) is 4.39 Å². The number of hydrogen-bond donors (Lipinski definition) is 4. The molecule has 5 N–H and O–H groups in total. The SMILES string of the molecule is Cc1ccc(-c2ncc[nH]2)c(F)c1.Cc1ccc(-c2ncc[nH]2)c(Nc2ccccc2)c1.Nc1ccccc1. The van der Waals surface area contributed by atoms with Gasteiger partial charge < -0.3 is 21.0 Å². The smallest absolute Gasteiger partial charge is 0.140 e. The number of nitrogen functional groups attached to an aromatic ring is 1. The van der Waals surface area contributed by atoms with Gasteiger partial charge in [0.15, 0.2) is 0 Å². The van der Waals surface area contributed by atoms with Gasteiger partial charge in [-0.1, -0.05) is 48.5 Å². The highest BCUT2D eigenvalue weighted by atomic mass is 19.1. The van der Waals surface area contributed by atoms with E-state index >= 15 is 0 Å². The van der Waals surface area contributed by atoms with E-state index < -0.39 is 0 Å². The van der Waals surface area contributed by atoms with Crippen molar-refractivity contribution in [2.24, 2.45) is 0 Å². The van der Waals surface area contributed by atoms with Gasteiger partial charge in [-0.3, -0.25) is 0 Å². The summed E-state index contributed by atoms with van der Waals surface area (Å²) in [5.41, 5.74) is 12.0. The van der Waals surface area contributed by atoms with Crippen LogP contribution in [0.1, 0.15) is 11.1 Å². The van der Waals surface area contributed by atoms with Gasteiger partial charge in [-0.05, 0) is 73.5 Å². The molecule has 6 aromatic rings. The number of halogens is 1. The summed E-state index contributed by atoms with van der Waals surface area (Å²) in [6.45, 7) is 3.94. The van der Waals surface area contributed by atoms with Gasteiger partial charge in [-0.25, -0.2) is 14.4 Å². The van der Waals surface area contributed by atoms with Gasteiger partial charge >= 0.3 is 0 Å². The molecule has 0 radical (unpaired) electrons. The molecule has 6 rings (SSSR count). The fourth-order valence-electron chi connectivity index (χ4n) is 3.74. The highest BCUT2D eigenvalue weighted by Gasteiger charge is 2.08. The van der Waals surface area contributed by atoms with Gasteiger partial charge in [-0.15, -0.1) is 0 Å². The van der Waals surface area contributed by atoms with E-state index in [1.165, 1.54) is 11.6 Å². The van der Waals surface area contributed by atoms with E-state index in [1.54, 1.807) is 24.7 Å². The molecule has 0 atom stereocenters. The Balaban J connectivity index is 0.000000152. The van der Waals surface area contributed by atoms with Crippen LogP contribution in [0, 0.1) is 19.7 Å². The van der Waals surface area contributed by atoms with Crippen LogP contribution in [0.3, 0.4) is 0 Å². The van der Waals surface area contributed by atoms with E-state index in [0.717, 1.165) is 34.0 Å². The van der Waals surface area contributed by atoms with Gasteiger partial charge in [0.1, 0.15) is 17.5 Å². The Hall–Kier alpha value is -5.17. The number of para-hydroxylation sites is 2. The first-order valence-electron chi connectivity index (χ1n) is 12.5. The van der Waals surface area contributed by atoms with Crippen molar-refractivity contribution in [2.45, 2.75) is 13.8 Å². The maximum Gasteiger partial charge on any atom is 0.140 e. The standard InChI is InChI=1S/C16H15N3.C10H9FN2.C6H7N/c1-12-7-8-14(16-17-9-10-18-16)15(11-12)19-13-5-3-2-4-6-13;1-7-2-3-8(9(11)6-7)10-12-4-5-13-10;7-6-4-2-1-3-5-6/h2-11,19H,1H3,(H,17,18);2-6H,1H3,(H,12,13);1-5H,7H2. The van der Waals surface area contributed by atoms with E-state index in [4.69, 9.17) is 5.73 Å². The molecule has 0 unspecified atom stereocenters. The lowest BCUT2D eigenvalue weighted by molar-refractivity contribution is 0.629. The summed E-state index contributed by atoms with van der Waals surface area (Å²) in [7, 11) is 0. The van der Waals surface area contributed by atoms with Crippen molar-refractivity contribution in [2.75, 3.05) is 11.1 Å². The Kier molecular flexibility index (Phi) is 9.23. The second kappa shape index (κ2) is 13.4. The second-order valence-electron chi connectivity index (χ2n) is 8.81. The molecular formula is C32H31FN6. The van der Waals surface area contributed by atoms with Gasteiger partial charge in [-0.2, -0.15) is 0 Å². The molecule has 6 nitrogen and oxygen atoms in total. The monoisotopic (exact) mass is 518 g/mol. The van der Waals surface area contributed by atoms with Crippen molar-refractivity contribution in [3.8, 4) is 22.8 Å². The molecule has 196 valence electrons. The lowest BCUT2D eigenvalue weighted by Gasteiger charge is -2.11. The molecule has 0 saturated carbocycles. The minimum absolute atomic E-state index is 0.241. The number of anilines is 3. The molecule has 0 bridgehead atoms. The first-order valence-corrected chi connectivity index (χ1v) is 12.5. The molecule has 0 aliphatic heterocycles.